The monoisotopic (exact) mass is 330 g/mol. The molecule has 0 saturated carbocycles. The Morgan fingerprint density at radius 2 is 2.10 bits per heavy atom. The lowest BCUT2D eigenvalue weighted by atomic mass is 10.2. The minimum absolute atomic E-state index is 0.00214. The van der Waals surface area contributed by atoms with Gasteiger partial charge in [0.1, 0.15) is 15.5 Å². The Hall–Kier alpha value is -1.71. The minimum Gasteiger partial charge on any atom is -0.477 e. The van der Waals surface area contributed by atoms with Crippen LogP contribution in [0, 0.1) is 20.8 Å². The zero-order chi connectivity index (χ0) is 15.8. The Balaban J connectivity index is 2.32. The lowest BCUT2D eigenvalue weighted by Crippen LogP contribution is -2.25. The molecule has 2 aromatic heterocycles. The van der Waals surface area contributed by atoms with E-state index in [0.29, 0.717) is 22.6 Å². The van der Waals surface area contributed by atoms with E-state index in [0.717, 1.165) is 11.3 Å². The molecule has 2 rings (SSSR count). The molecular weight excluding hydrogens is 316 g/mol. The van der Waals surface area contributed by atoms with Gasteiger partial charge in [0.15, 0.2) is 0 Å². The van der Waals surface area contributed by atoms with Crippen molar-refractivity contribution in [2.75, 3.05) is 0 Å². The van der Waals surface area contributed by atoms with E-state index >= 15 is 0 Å². The minimum atomic E-state index is -3.92. The Kier molecular flexibility index (Phi) is 4.17. The first kappa shape index (κ1) is 15.7. The van der Waals surface area contributed by atoms with E-state index in [1.54, 1.807) is 20.8 Å². The molecule has 114 valence electrons. The molecule has 0 aliphatic heterocycles. The molecule has 0 spiro atoms. The normalized spacial score (nSPS) is 11.8. The maximum Gasteiger partial charge on any atom is 0.347 e. The zero-order valence-corrected chi connectivity index (χ0v) is 13.3. The van der Waals surface area contributed by atoms with E-state index in [1.807, 2.05) is 0 Å². The maximum atomic E-state index is 12.3. The fraction of sp³-hybridized carbons (Fsp3) is 0.333. The second kappa shape index (κ2) is 5.58. The number of nitrogens with one attached hydrogen (secondary N) is 1. The van der Waals surface area contributed by atoms with Crippen molar-refractivity contribution in [3.8, 4) is 0 Å². The first-order chi connectivity index (χ1) is 9.74. The molecule has 0 aliphatic carbocycles. The number of carbonyl (C=O) groups is 1. The third-order valence-corrected chi connectivity index (χ3v) is 5.80. The first-order valence-corrected chi connectivity index (χ1v) is 8.33. The summed E-state index contributed by atoms with van der Waals surface area (Å²) in [6.07, 6.45) is 0. The molecule has 0 amide bonds. The second-order valence-corrected chi connectivity index (χ2v) is 7.09. The van der Waals surface area contributed by atoms with Crippen LogP contribution in [0.1, 0.15) is 32.3 Å². The quantitative estimate of drug-likeness (QED) is 0.865. The SMILES string of the molecule is Cc1csc(C(=O)O)c1S(=O)(=O)NCc1c(C)noc1C. The second-order valence-electron chi connectivity index (χ2n) is 4.51. The van der Waals surface area contributed by atoms with Crippen LogP contribution in [0.25, 0.3) is 0 Å². The van der Waals surface area contributed by atoms with Crippen LogP contribution < -0.4 is 4.72 Å². The van der Waals surface area contributed by atoms with Gasteiger partial charge in [0.2, 0.25) is 10.0 Å². The molecule has 0 aromatic carbocycles. The third kappa shape index (κ3) is 2.99. The van der Waals surface area contributed by atoms with Gasteiger partial charge >= 0.3 is 5.97 Å². The van der Waals surface area contributed by atoms with E-state index in [2.05, 4.69) is 9.88 Å². The van der Waals surface area contributed by atoms with Gasteiger partial charge < -0.3 is 9.63 Å². The summed E-state index contributed by atoms with van der Waals surface area (Å²) in [5.41, 5.74) is 1.64. The highest BCUT2D eigenvalue weighted by atomic mass is 32.2. The molecule has 21 heavy (non-hydrogen) atoms. The zero-order valence-electron chi connectivity index (χ0n) is 11.6. The third-order valence-electron chi connectivity index (χ3n) is 3.00. The number of hydrogen-bond acceptors (Lipinski definition) is 6. The molecule has 0 bridgehead atoms. The van der Waals surface area contributed by atoms with Gasteiger partial charge in [0.05, 0.1) is 5.69 Å². The molecule has 9 heteroatoms. The van der Waals surface area contributed by atoms with Gasteiger partial charge in [-0.2, -0.15) is 0 Å². The van der Waals surface area contributed by atoms with Gasteiger partial charge in [0, 0.05) is 12.1 Å². The molecule has 0 unspecified atom stereocenters. The molecule has 2 N–H and O–H groups in total. The average molecular weight is 330 g/mol. The van der Waals surface area contributed by atoms with Crippen LogP contribution in [-0.2, 0) is 16.6 Å². The Labute approximate surface area is 125 Å². The summed E-state index contributed by atoms with van der Waals surface area (Å²) in [4.78, 5) is 10.7. The van der Waals surface area contributed by atoms with Crippen LogP contribution in [-0.4, -0.2) is 24.7 Å². The van der Waals surface area contributed by atoms with Gasteiger partial charge in [-0.25, -0.2) is 17.9 Å². The van der Waals surface area contributed by atoms with Crippen molar-refractivity contribution in [3.05, 3.63) is 32.8 Å². The van der Waals surface area contributed by atoms with Crippen molar-refractivity contribution in [3.63, 3.8) is 0 Å². The van der Waals surface area contributed by atoms with Crippen LogP contribution in [0.15, 0.2) is 14.8 Å². The summed E-state index contributed by atoms with van der Waals surface area (Å²) in [6, 6.07) is 0. The smallest absolute Gasteiger partial charge is 0.347 e. The van der Waals surface area contributed by atoms with Crippen molar-refractivity contribution in [2.45, 2.75) is 32.2 Å². The van der Waals surface area contributed by atoms with Crippen LogP contribution in [0.3, 0.4) is 0 Å². The number of aromatic nitrogens is 1. The molecule has 7 nitrogen and oxygen atoms in total. The van der Waals surface area contributed by atoms with Gasteiger partial charge in [-0.15, -0.1) is 11.3 Å². The molecule has 0 aliphatic rings. The fourth-order valence-electron chi connectivity index (χ4n) is 1.91. The number of carboxylic acid groups (broad SMARTS) is 1. The number of rotatable bonds is 5. The maximum absolute atomic E-state index is 12.3. The molecule has 0 fully saturated rings. The van der Waals surface area contributed by atoms with Crippen LogP contribution in [0.2, 0.25) is 0 Å². The summed E-state index contributed by atoms with van der Waals surface area (Å²) in [6.45, 7) is 4.95. The Bertz CT molecular complexity index is 769. The lowest BCUT2D eigenvalue weighted by molar-refractivity contribution is 0.0698. The van der Waals surface area contributed by atoms with Crippen LogP contribution in [0.4, 0.5) is 0 Å². The highest BCUT2D eigenvalue weighted by Crippen LogP contribution is 2.27. The summed E-state index contributed by atoms with van der Waals surface area (Å²) in [7, 11) is -3.92. The number of aromatic carboxylic acids is 1. The predicted molar refractivity (Wildman–Crippen MR) is 76.0 cm³/mol. The topological polar surface area (TPSA) is 110 Å². The number of hydrogen-bond donors (Lipinski definition) is 2. The van der Waals surface area contributed by atoms with E-state index in [1.165, 1.54) is 5.38 Å². The first-order valence-electron chi connectivity index (χ1n) is 5.97. The largest absolute Gasteiger partial charge is 0.477 e. The fourth-order valence-corrected chi connectivity index (χ4v) is 4.53. The molecule has 0 radical (unpaired) electrons. The number of nitrogens with zero attached hydrogens (tertiary/aromatic N) is 1. The van der Waals surface area contributed by atoms with Gasteiger partial charge in [0.25, 0.3) is 0 Å². The number of carboxylic acids is 1. The summed E-state index contributed by atoms with van der Waals surface area (Å²) in [5, 5.41) is 14.3. The highest BCUT2D eigenvalue weighted by Gasteiger charge is 2.27. The summed E-state index contributed by atoms with van der Waals surface area (Å²) >= 11 is 0.891. The van der Waals surface area contributed by atoms with Gasteiger partial charge in [-0.1, -0.05) is 5.16 Å². The van der Waals surface area contributed by atoms with Crippen molar-refractivity contribution in [2.24, 2.45) is 0 Å². The standard InChI is InChI=1S/C12H14N2O5S2/c1-6-5-20-10(12(15)16)11(6)21(17,18)13-4-9-7(2)14-19-8(9)3/h5,13H,4H2,1-3H3,(H,15,16). The number of thiophene rings is 1. The van der Waals surface area contributed by atoms with E-state index in [-0.39, 0.29) is 16.3 Å². The van der Waals surface area contributed by atoms with Crippen LogP contribution in [0.5, 0.6) is 0 Å². The molecular formula is C12H14N2O5S2. The Morgan fingerprint density at radius 3 is 2.62 bits per heavy atom. The van der Waals surface area contributed by atoms with E-state index in [4.69, 9.17) is 9.63 Å². The number of aryl methyl sites for hydroxylation is 3. The van der Waals surface area contributed by atoms with Gasteiger partial charge in [-0.3, -0.25) is 0 Å². The lowest BCUT2D eigenvalue weighted by Gasteiger charge is -2.07. The van der Waals surface area contributed by atoms with E-state index < -0.39 is 16.0 Å². The van der Waals surface area contributed by atoms with Crippen molar-refractivity contribution < 1.29 is 22.8 Å². The highest BCUT2D eigenvalue weighted by molar-refractivity contribution is 7.89. The summed E-state index contributed by atoms with van der Waals surface area (Å²) < 4.78 is 32.0. The van der Waals surface area contributed by atoms with Crippen molar-refractivity contribution >= 4 is 27.3 Å². The predicted octanol–water partition coefficient (Wildman–Crippen LogP) is 1.84. The molecule has 0 atom stereocenters. The van der Waals surface area contributed by atoms with Gasteiger partial charge in [-0.05, 0) is 31.7 Å². The molecule has 2 heterocycles. The van der Waals surface area contributed by atoms with Crippen molar-refractivity contribution in [1.29, 1.82) is 0 Å². The average Bonchev–Trinajstić information content (AvgIpc) is 2.92. The molecule has 2 aromatic rings. The van der Waals surface area contributed by atoms with Crippen LogP contribution >= 0.6 is 11.3 Å². The number of sulfonamides is 1. The Morgan fingerprint density at radius 1 is 1.43 bits per heavy atom. The van der Waals surface area contributed by atoms with E-state index in [9.17, 15) is 13.2 Å². The summed E-state index contributed by atoms with van der Waals surface area (Å²) in [5.74, 6) is -0.735. The van der Waals surface area contributed by atoms with Crippen molar-refractivity contribution in [1.82, 2.24) is 9.88 Å². The molecule has 0 saturated heterocycles.